The van der Waals surface area contributed by atoms with Crippen molar-refractivity contribution in [3.63, 3.8) is 0 Å². The van der Waals surface area contributed by atoms with Gasteiger partial charge < -0.3 is 10.0 Å². The second-order valence-electron chi connectivity index (χ2n) is 4.99. The van der Waals surface area contributed by atoms with Gasteiger partial charge in [-0.3, -0.25) is 15.0 Å². The topological polar surface area (TPSA) is 82.7 Å². The van der Waals surface area contributed by atoms with E-state index in [1.54, 1.807) is 19.2 Å². The summed E-state index contributed by atoms with van der Waals surface area (Å²) in [5, 5.41) is 20.0. The molecule has 0 aromatic carbocycles. The molecule has 20 heavy (non-hydrogen) atoms. The molecule has 7 heteroatoms. The van der Waals surface area contributed by atoms with Crippen LogP contribution in [0.25, 0.3) is 0 Å². The number of anilines is 1. The summed E-state index contributed by atoms with van der Waals surface area (Å²) in [6.07, 6.45) is 2.52. The number of aromatic nitrogens is 1. The minimum atomic E-state index is -0.365. The fourth-order valence-electron chi connectivity index (χ4n) is 2.44. The van der Waals surface area contributed by atoms with Gasteiger partial charge in [0.15, 0.2) is 0 Å². The van der Waals surface area contributed by atoms with E-state index in [9.17, 15) is 10.1 Å². The average molecular weight is 280 g/mol. The quantitative estimate of drug-likeness (QED) is 0.649. The highest BCUT2D eigenvalue weighted by atomic mass is 16.6. The van der Waals surface area contributed by atoms with Crippen LogP contribution in [0, 0.1) is 17.0 Å². The molecule has 1 aliphatic rings. The smallest absolute Gasteiger partial charge is 0.277 e. The number of nitro groups is 1. The van der Waals surface area contributed by atoms with Crippen LogP contribution in [-0.4, -0.2) is 59.2 Å². The van der Waals surface area contributed by atoms with Gasteiger partial charge in [0.2, 0.25) is 0 Å². The molecule has 1 saturated heterocycles. The van der Waals surface area contributed by atoms with Gasteiger partial charge in [-0.2, -0.15) is 0 Å². The molecular formula is C13H20N4O3. The summed E-state index contributed by atoms with van der Waals surface area (Å²) >= 11 is 0. The lowest BCUT2D eigenvalue weighted by Gasteiger charge is -2.22. The highest BCUT2D eigenvalue weighted by Gasteiger charge is 2.19. The largest absolute Gasteiger partial charge is 0.395 e. The Morgan fingerprint density at radius 3 is 2.90 bits per heavy atom. The number of aryl methyl sites for hydroxylation is 1. The van der Waals surface area contributed by atoms with Crippen LogP contribution in [0.15, 0.2) is 12.3 Å². The van der Waals surface area contributed by atoms with Crippen LogP contribution in [0.2, 0.25) is 0 Å². The zero-order chi connectivity index (χ0) is 14.5. The van der Waals surface area contributed by atoms with Crippen molar-refractivity contribution in [2.45, 2.75) is 13.3 Å². The summed E-state index contributed by atoms with van der Waals surface area (Å²) < 4.78 is 0. The summed E-state index contributed by atoms with van der Waals surface area (Å²) in [5.74, 6) is 0.660. The van der Waals surface area contributed by atoms with Crippen molar-refractivity contribution >= 4 is 11.5 Å². The maximum Gasteiger partial charge on any atom is 0.277 e. The Bertz CT molecular complexity index is 481. The lowest BCUT2D eigenvalue weighted by atomic mass is 10.2. The Hall–Kier alpha value is -1.73. The van der Waals surface area contributed by atoms with Gasteiger partial charge in [-0.1, -0.05) is 0 Å². The molecule has 1 fully saturated rings. The zero-order valence-electron chi connectivity index (χ0n) is 11.7. The number of aliphatic hydroxyl groups excluding tert-OH is 1. The molecule has 0 atom stereocenters. The monoisotopic (exact) mass is 280 g/mol. The molecule has 0 spiro atoms. The van der Waals surface area contributed by atoms with E-state index in [4.69, 9.17) is 5.11 Å². The van der Waals surface area contributed by atoms with Crippen molar-refractivity contribution in [2.75, 3.05) is 44.2 Å². The van der Waals surface area contributed by atoms with Crippen molar-refractivity contribution in [3.8, 4) is 0 Å². The molecule has 7 nitrogen and oxygen atoms in total. The molecule has 1 aromatic rings. The van der Waals surface area contributed by atoms with Gasteiger partial charge in [0.25, 0.3) is 5.69 Å². The van der Waals surface area contributed by atoms with Gasteiger partial charge in [0, 0.05) is 37.9 Å². The second-order valence-corrected chi connectivity index (χ2v) is 4.99. The van der Waals surface area contributed by atoms with E-state index in [1.165, 1.54) is 0 Å². The van der Waals surface area contributed by atoms with E-state index in [2.05, 4.69) is 14.8 Å². The summed E-state index contributed by atoms with van der Waals surface area (Å²) in [4.78, 5) is 19.2. The molecular weight excluding hydrogens is 260 g/mol. The molecule has 0 unspecified atom stereocenters. The summed E-state index contributed by atoms with van der Waals surface area (Å²) in [5.41, 5.74) is 0.696. The van der Waals surface area contributed by atoms with Gasteiger partial charge >= 0.3 is 0 Å². The summed E-state index contributed by atoms with van der Waals surface area (Å²) in [7, 11) is 0. The maximum atomic E-state index is 11.0. The third-order valence-electron chi connectivity index (χ3n) is 3.59. The molecule has 1 aromatic heterocycles. The van der Waals surface area contributed by atoms with Gasteiger partial charge in [0.05, 0.1) is 17.6 Å². The molecule has 0 radical (unpaired) electrons. The third kappa shape index (κ3) is 3.43. The van der Waals surface area contributed by atoms with Crippen molar-refractivity contribution in [1.82, 2.24) is 9.88 Å². The third-order valence-corrected chi connectivity index (χ3v) is 3.59. The number of hydrogen-bond acceptors (Lipinski definition) is 6. The number of nitrogens with zero attached hydrogens (tertiary/aromatic N) is 4. The van der Waals surface area contributed by atoms with Gasteiger partial charge in [-0.15, -0.1) is 0 Å². The van der Waals surface area contributed by atoms with Crippen LogP contribution in [0.3, 0.4) is 0 Å². The molecule has 2 rings (SSSR count). The van der Waals surface area contributed by atoms with E-state index >= 15 is 0 Å². The number of aliphatic hydroxyl groups is 1. The molecule has 2 heterocycles. The molecule has 1 aliphatic heterocycles. The fraction of sp³-hybridized carbons (Fsp3) is 0.615. The Labute approximate surface area is 118 Å². The number of rotatable bonds is 4. The first-order valence-electron chi connectivity index (χ1n) is 6.81. The predicted octanol–water partition coefficient (Wildman–Crippen LogP) is 0.803. The van der Waals surface area contributed by atoms with E-state index in [0.717, 1.165) is 32.6 Å². The maximum absolute atomic E-state index is 11.0. The standard InChI is InChI=1S/C13H20N4O3/c1-11-10-14-13(9-12(11)17(19)20)16-4-2-3-15(5-6-16)7-8-18/h9-10,18H,2-8H2,1H3. The first-order chi connectivity index (χ1) is 9.61. The second kappa shape index (κ2) is 6.62. The normalized spacial score (nSPS) is 17.0. The van der Waals surface area contributed by atoms with Crippen LogP contribution in [0.5, 0.6) is 0 Å². The van der Waals surface area contributed by atoms with Gasteiger partial charge in [-0.25, -0.2) is 4.98 Å². The van der Waals surface area contributed by atoms with Crippen LogP contribution in [0.4, 0.5) is 11.5 Å². The molecule has 0 aliphatic carbocycles. The average Bonchev–Trinajstić information content (AvgIpc) is 2.65. The van der Waals surface area contributed by atoms with Crippen molar-refractivity contribution in [3.05, 3.63) is 27.9 Å². The fourth-order valence-corrected chi connectivity index (χ4v) is 2.44. The van der Waals surface area contributed by atoms with Gasteiger partial charge in [-0.05, 0) is 19.9 Å². The predicted molar refractivity (Wildman–Crippen MR) is 76.0 cm³/mol. The first-order valence-corrected chi connectivity index (χ1v) is 6.81. The number of hydrogen-bond donors (Lipinski definition) is 1. The van der Waals surface area contributed by atoms with Crippen LogP contribution in [0.1, 0.15) is 12.0 Å². The van der Waals surface area contributed by atoms with Crippen LogP contribution < -0.4 is 4.90 Å². The summed E-state index contributed by atoms with van der Waals surface area (Å²) in [6, 6.07) is 1.55. The Balaban J connectivity index is 2.11. The van der Waals surface area contributed by atoms with Crippen molar-refractivity contribution < 1.29 is 10.0 Å². The number of β-amino-alcohol motifs (C(OH)–C–C–N with tert-alkyl or cyclic N) is 1. The van der Waals surface area contributed by atoms with Gasteiger partial charge in [0.1, 0.15) is 5.82 Å². The molecule has 0 saturated carbocycles. The van der Waals surface area contributed by atoms with Crippen molar-refractivity contribution in [1.29, 1.82) is 0 Å². The van der Waals surface area contributed by atoms with Crippen LogP contribution >= 0.6 is 0 Å². The minimum Gasteiger partial charge on any atom is -0.395 e. The summed E-state index contributed by atoms with van der Waals surface area (Å²) in [6.45, 7) is 5.90. The molecule has 1 N–H and O–H groups in total. The first kappa shape index (κ1) is 14.7. The van der Waals surface area contributed by atoms with Crippen LogP contribution in [-0.2, 0) is 0 Å². The minimum absolute atomic E-state index is 0.117. The highest BCUT2D eigenvalue weighted by molar-refractivity contribution is 5.50. The SMILES string of the molecule is Cc1cnc(N2CCCN(CCO)CC2)cc1[N+](=O)[O-]. The van der Waals surface area contributed by atoms with E-state index < -0.39 is 0 Å². The lowest BCUT2D eigenvalue weighted by molar-refractivity contribution is -0.385. The van der Waals surface area contributed by atoms with Crippen molar-refractivity contribution in [2.24, 2.45) is 0 Å². The Morgan fingerprint density at radius 1 is 1.40 bits per heavy atom. The highest BCUT2D eigenvalue weighted by Crippen LogP contribution is 2.23. The zero-order valence-corrected chi connectivity index (χ0v) is 11.7. The van der Waals surface area contributed by atoms with E-state index in [0.29, 0.717) is 17.9 Å². The molecule has 0 amide bonds. The molecule has 0 bridgehead atoms. The van der Waals surface area contributed by atoms with E-state index in [1.807, 2.05) is 0 Å². The Kier molecular flexibility index (Phi) is 4.86. The lowest BCUT2D eigenvalue weighted by Crippen LogP contribution is -2.32. The Morgan fingerprint density at radius 2 is 2.20 bits per heavy atom. The van der Waals surface area contributed by atoms with E-state index in [-0.39, 0.29) is 17.2 Å². The molecule has 110 valence electrons. The number of pyridine rings is 1.